The first-order valence-electron chi connectivity index (χ1n) is 6.17. The predicted molar refractivity (Wildman–Crippen MR) is 66.4 cm³/mol. The highest BCUT2D eigenvalue weighted by molar-refractivity contribution is 4.60. The van der Waals surface area contributed by atoms with Crippen molar-refractivity contribution in [1.29, 1.82) is 0 Å². The maximum Gasteiger partial charge on any atom is 0.0699 e. The minimum atomic E-state index is 0.400. The molecular formula is C12H28N2O. The van der Waals surface area contributed by atoms with Gasteiger partial charge in [0.05, 0.1) is 6.10 Å². The molecular weight excluding hydrogens is 188 g/mol. The van der Waals surface area contributed by atoms with Gasteiger partial charge in [-0.3, -0.25) is 0 Å². The van der Waals surface area contributed by atoms with E-state index in [1.54, 1.807) is 0 Å². The minimum absolute atomic E-state index is 0.400. The molecule has 3 nitrogen and oxygen atoms in total. The zero-order valence-electron chi connectivity index (χ0n) is 10.9. The highest BCUT2D eigenvalue weighted by atomic mass is 16.5. The molecule has 1 N–H and O–H groups in total. The normalized spacial score (nSPS) is 13.4. The monoisotopic (exact) mass is 216 g/mol. The van der Waals surface area contributed by atoms with Crippen LogP contribution in [-0.4, -0.2) is 51.3 Å². The van der Waals surface area contributed by atoms with Gasteiger partial charge in [-0.2, -0.15) is 0 Å². The summed E-state index contributed by atoms with van der Waals surface area (Å²) in [5.41, 5.74) is 0. The van der Waals surface area contributed by atoms with Crippen molar-refractivity contribution in [3.05, 3.63) is 0 Å². The Bertz CT molecular complexity index is 129. The van der Waals surface area contributed by atoms with Crippen LogP contribution in [0.5, 0.6) is 0 Å². The molecule has 1 unspecified atom stereocenters. The summed E-state index contributed by atoms with van der Waals surface area (Å²) in [6.07, 6.45) is 3.88. The molecule has 0 spiro atoms. The van der Waals surface area contributed by atoms with Gasteiger partial charge in [0, 0.05) is 13.2 Å². The average Bonchev–Trinajstić information content (AvgIpc) is 2.20. The zero-order valence-corrected chi connectivity index (χ0v) is 10.9. The van der Waals surface area contributed by atoms with Crippen molar-refractivity contribution in [3.63, 3.8) is 0 Å². The Morgan fingerprint density at radius 1 is 1.27 bits per heavy atom. The second kappa shape index (κ2) is 10.4. The van der Waals surface area contributed by atoms with Gasteiger partial charge in [0.2, 0.25) is 0 Å². The first-order valence-corrected chi connectivity index (χ1v) is 6.17. The van der Waals surface area contributed by atoms with Gasteiger partial charge >= 0.3 is 0 Å². The molecule has 0 fully saturated rings. The Labute approximate surface area is 95.2 Å². The van der Waals surface area contributed by atoms with Gasteiger partial charge in [-0.25, -0.2) is 0 Å². The van der Waals surface area contributed by atoms with Crippen LogP contribution in [0.1, 0.15) is 33.1 Å². The Kier molecular flexibility index (Phi) is 10.3. The summed E-state index contributed by atoms with van der Waals surface area (Å²) in [5, 5.41) is 3.35. The Hall–Kier alpha value is -0.120. The Balaban J connectivity index is 3.47. The van der Waals surface area contributed by atoms with Gasteiger partial charge in [-0.05, 0) is 40.0 Å². The van der Waals surface area contributed by atoms with E-state index in [0.29, 0.717) is 6.10 Å². The van der Waals surface area contributed by atoms with Crippen LogP contribution in [0.25, 0.3) is 0 Å². The number of nitrogens with one attached hydrogen (secondary N) is 1. The van der Waals surface area contributed by atoms with Crippen LogP contribution in [0.2, 0.25) is 0 Å². The zero-order chi connectivity index (χ0) is 11.5. The quantitative estimate of drug-likeness (QED) is 0.563. The van der Waals surface area contributed by atoms with Crippen LogP contribution >= 0.6 is 0 Å². The van der Waals surface area contributed by atoms with Gasteiger partial charge in [-0.1, -0.05) is 20.3 Å². The van der Waals surface area contributed by atoms with E-state index in [9.17, 15) is 0 Å². The molecule has 0 bridgehead atoms. The van der Waals surface area contributed by atoms with Gasteiger partial charge in [-0.15, -0.1) is 0 Å². The maximum absolute atomic E-state index is 5.85. The molecule has 0 heterocycles. The third kappa shape index (κ3) is 10.2. The molecule has 92 valence electrons. The van der Waals surface area contributed by atoms with Crippen molar-refractivity contribution in [2.24, 2.45) is 0 Å². The molecule has 0 aliphatic rings. The fourth-order valence-electron chi connectivity index (χ4n) is 1.50. The SMILES string of the molecule is CCCC(CNCC)OCCCN(C)C. The fraction of sp³-hybridized carbons (Fsp3) is 1.00. The number of hydrogen-bond acceptors (Lipinski definition) is 3. The molecule has 15 heavy (non-hydrogen) atoms. The predicted octanol–water partition coefficient (Wildman–Crippen LogP) is 1.73. The molecule has 3 heteroatoms. The van der Waals surface area contributed by atoms with E-state index in [-0.39, 0.29) is 0 Å². The summed E-state index contributed by atoms with van der Waals surface area (Å²) in [5.74, 6) is 0. The average molecular weight is 216 g/mol. The smallest absolute Gasteiger partial charge is 0.0699 e. The molecule has 0 aromatic carbocycles. The molecule has 0 saturated heterocycles. The highest BCUT2D eigenvalue weighted by Crippen LogP contribution is 2.02. The second-order valence-electron chi connectivity index (χ2n) is 4.25. The summed E-state index contributed by atoms with van der Waals surface area (Å²) in [7, 11) is 4.20. The lowest BCUT2D eigenvalue weighted by Gasteiger charge is -2.18. The van der Waals surface area contributed by atoms with Crippen molar-refractivity contribution in [3.8, 4) is 0 Å². The summed E-state index contributed by atoms with van der Waals surface area (Å²) in [6.45, 7) is 8.36. The second-order valence-corrected chi connectivity index (χ2v) is 4.25. The van der Waals surface area contributed by atoms with Crippen molar-refractivity contribution < 1.29 is 4.74 Å². The van der Waals surface area contributed by atoms with Gasteiger partial charge in [0.1, 0.15) is 0 Å². The third-order valence-corrected chi connectivity index (χ3v) is 2.34. The summed E-state index contributed by atoms with van der Waals surface area (Å²) in [6, 6.07) is 0. The molecule has 1 atom stereocenters. The van der Waals surface area contributed by atoms with Crippen LogP contribution in [0.4, 0.5) is 0 Å². The van der Waals surface area contributed by atoms with E-state index in [1.807, 2.05) is 0 Å². The lowest BCUT2D eigenvalue weighted by Crippen LogP contribution is -2.29. The third-order valence-electron chi connectivity index (χ3n) is 2.34. The topological polar surface area (TPSA) is 24.5 Å². The molecule has 0 aliphatic heterocycles. The van der Waals surface area contributed by atoms with Crippen LogP contribution < -0.4 is 5.32 Å². The first kappa shape index (κ1) is 14.9. The standard InChI is InChI=1S/C12H28N2O/c1-5-8-12(11-13-6-2)15-10-7-9-14(3)4/h12-13H,5-11H2,1-4H3. The summed E-state index contributed by atoms with van der Waals surface area (Å²) in [4.78, 5) is 2.20. The lowest BCUT2D eigenvalue weighted by molar-refractivity contribution is 0.0432. The first-order chi connectivity index (χ1) is 7.20. The van der Waals surface area contributed by atoms with Crippen LogP contribution in [0.15, 0.2) is 0 Å². The van der Waals surface area contributed by atoms with E-state index in [4.69, 9.17) is 4.74 Å². The van der Waals surface area contributed by atoms with Crippen molar-refractivity contribution in [2.75, 3.05) is 40.3 Å². The van der Waals surface area contributed by atoms with Crippen LogP contribution in [0, 0.1) is 0 Å². The summed E-state index contributed by atoms with van der Waals surface area (Å²) < 4.78 is 5.85. The number of hydrogen-bond donors (Lipinski definition) is 1. The number of rotatable bonds is 10. The van der Waals surface area contributed by atoms with Gasteiger partial charge in [0.15, 0.2) is 0 Å². The fourth-order valence-corrected chi connectivity index (χ4v) is 1.50. The van der Waals surface area contributed by atoms with Crippen molar-refractivity contribution in [2.45, 2.75) is 39.2 Å². The molecule has 0 rings (SSSR count). The van der Waals surface area contributed by atoms with E-state index in [2.05, 4.69) is 38.2 Å². The lowest BCUT2D eigenvalue weighted by atomic mass is 10.2. The van der Waals surface area contributed by atoms with Crippen LogP contribution in [-0.2, 0) is 4.74 Å². The van der Waals surface area contributed by atoms with Gasteiger partial charge in [0.25, 0.3) is 0 Å². The van der Waals surface area contributed by atoms with E-state index >= 15 is 0 Å². The largest absolute Gasteiger partial charge is 0.377 e. The highest BCUT2D eigenvalue weighted by Gasteiger charge is 2.06. The van der Waals surface area contributed by atoms with Crippen molar-refractivity contribution in [1.82, 2.24) is 10.2 Å². The minimum Gasteiger partial charge on any atom is -0.377 e. The van der Waals surface area contributed by atoms with E-state index in [0.717, 1.165) is 39.1 Å². The maximum atomic E-state index is 5.85. The molecule has 0 aliphatic carbocycles. The molecule has 0 saturated carbocycles. The molecule has 0 amide bonds. The number of ether oxygens (including phenoxy) is 1. The number of nitrogens with zero attached hydrogens (tertiary/aromatic N) is 1. The molecule has 0 aromatic rings. The molecule has 0 aromatic heterocycles. The van der Waals surface area contributed by atoms with Crippen molar-refractivity contribution >= 4 is 0 Å². The summed E-state index contributed by atoms with van der Waals surface area (Å²) >= 11 is 0. The Morgan fingerprint density at radius 3 is 2.53 bits per heavy atom. The number of likely N-dealkylation sites (N-methyl/N-ethyl adjacent to an activating group) is 1. The van der Waals surface area contributed by atoms with E-state index < -0.39 is 0 Å². The van der Waals surface area contributed by atoms with Crippen LogP contribution in [0.3, 0.4) is 0 Å². The molecule has 0 radical (unpaired) electrons. The van der Waals surface area contributed by atoms with Gasteiger partial charge < -0.3 is 15.0 Å². The Morgan fingerprint density at radius 2 is 2.00 bits per heavy atom. The van der Waals surface area contributed by atoms with E-state index in [1.165, 1.54) is 6.42 Å².